The van der Waals surface area contributed by atoms with E-state index in [0.29, 0.717) is 23.4 Å². The van der Waals surface area contributed by atoms with E-state index in [-0.39, 0.29) is 5.69 Å². The quantitative estimate of drug-likeness (QED) is 0.902. The van der Waals surface area contributed by atoms with Gasteiger partial charge in [-0.3, -0.25) is 4.98 Å². The number of rotatable bonds is 4. The van der Waals surface area contributed by atoms with Crippen LogP contribution >= 0.6 is 0 Å². The molecule has 0 unspecified atom stereocenters. The summed E-state index contributed by atoms with van der Waals surface area (Å²) in [6.07, 6.45) is 7.47. The maximum Gasteiger partial charge on any atom is 0.354 e. The Kier molecular flexibility index (Phi) is 4.27. The molecule has 1 saturated carbocycles. The topological polar surface area (TPSA) is 88.0 Å². The molecule has 2 heterocycles. The predicted molar refractivity (Wildman–Crippen MR) is 82.7 cm³/mol. The van der Waals surface area contributed by atoms with E-state index in [1.54, 1.807) is 18.3 Å². The number of carboxylic acid groups (broad SMARTS) is 1. The van der Waals surface area contributed by atoms with Crippen LogP contribution in [0.15, 0.2) is 30.5 Å². The Bertz CT molecular complexity index is 654. The molecular formula is C16H18N4O2. The van der Waals surface area contributed by atoms with Crippen molar-refractivity contribution in [1.29, 1.82) is 0 Å². The van der Waals surface area contributed by atoms with E-state index in [1.165, 1.54) is 25.3 Å². The van der Waals surface area contributed by atoms with Crippen molar-refractivity contribution in [3.05, 3.63) is 36.2 Å². The zero-order chi connectivity index (χ0) is 15.4. The molecule has 6 heteroatoms. The largest absolute Gasteiger partial charge is 0.477 e. The van der Waals surface area contributed by atoms with Gasteiger partial charge < -0.3 is 10.4 Å². The van der Waals surface area contributed by atoms with E-state index in [0.717, 1.165) is 12.8 Å². The zero-order valence-corrected chi connectivity index (χ0v) is 12.2. The molecule has 0 aromatic carbocycles. The smallest absolute Gasteiger partial charge is 0.354 e. The van der Waals surface area contributed by atoms with Gasteiger partial charge in [-0.15, -0.1) is 0 Å². The first-order chi connectivity index (χ1) is 10.7. The van der Waals surface area contributed by atoms with Crippen LogP contribution < -0.4 is 5.32 Å². The minimum atomic E-state index is -1.06. The highest BCUT2D eigenvalue weighted by Crippen LogP contribution is 2.22. The standard InChI is InChI=1S/C16H18N4O2/c21-16(22)13-10-14(18-11-6-2-1-3-7-11)20-15(19-13)12-8-4-5-9-17-12/h4-5,8-11H,1-3,6-7H2,(H,21,22)(H,18,19,20). The molecular weight excluding hydrogens is 280 g/mol. The number of nitrogens with one attached hydrogen (secondary N) is 1. The lowest BCUT2D eigenvalue weighted by atomic mass is 9.95. The third-order valence-electron chi connectivity index (χ3n) is 3.80. The Balaban J connectivity index is 1.91. The van der Waals surface area contributed by atoms with Gasteiger partial charge in [-0.25, -0.2) is 14.8 Å². The van der Waals surface area contributed by atoms with Crippen molar-refractivity contribution in [2.45, 2.75) is 38.1 Å². The summed E-state index contributed by atoms with van der Waals surface area (Å²) in [5, 5.41) is 12.6. The van der Waals surface area contributed by atoms with E-state index in [9.17, 15) is 9.90 Å². The van der Waals surface area contributed by atoms with Crippen LogP contribution in [0.4, 0.5) is 5.82 Å². The van der Waals surface area contributed by atoms with Crippen molar-refractivity contribution in [2.75, 3.05) is 5.32 Å². The highest BCUT2D eigenvalue weighted by molar-refractivity contribution is 5.86. The number of aromatic nitrogens is 3. The maximum atomic E-state index is 11.3. The minimum absolute atomic E-state index is 0.0195. The summed E-state index contributed by atoms with van der Waals surface area (Å²) in [5.74, 6) is -0.176. The number of pyridine rings is 1. The van der Waals surface area contributed by atoms with E-state index in [2.05, 4.69) is 20.3 Å². The number of hydrogen-bond acceptors (Lipinski definition) is 5. The van der Waals surface area contributed by atoms with Gasteiger partial charge in [0.2, 0.25) is 0 Å². The van der Waals surface area contributed by atoms with Crippen molar-refractivity contribution in [1.82, 2.24) is 15.0 Å². The van der Waals surface area contributed by atoms with Crippen LogP contribution in [0.3, 0.4) is 0 Å². The first-order valence-electron chi connectivity index (χ1n) is 7.53. The molecule has 0 spiro atoms. The highest BCUT2D eigenvalue weighted by Gasteiger charge is 2.17. The molecule has 0 aliphatic heterocycles. The van der Waals surface area contributed by atoms with Crippen molar-refractivity contribution in [2.24, 2.45) is 0 Å². The first kappa shape index (κ1) is 14.4. The molecule has 6 nitrogen and oxygen atoms in total. The molecule has 0 radical (unpaired) electrons. The van der Waals surface area contributed by atoms with Crippen molar-refractivity contribution in [3.63, 3.8) is 0 Å². The second-order valence-electron chi connectivity index (χ2n) is 5.46. The molecule has 0 atom stereocenters. The summed E-state index contributed by atoms with van der Waals surface area (Å²) in [6.45, 7) is 0. The average Bonchev–Trinajstić information content (AvgIpc) is 2.56. The maximum absolute atomic E-state index is 11.3. The van der Waals surface area contributed by atoms with Crippen molar-refractivity contribution < 1.29 is 9.90 Å². The molecule has 0 bridgehead atoms. The van der Waals surface area contributed by atoms with Gasteiger partial charge in [-0.05, 0) is 25.0 Å². The molecule has 2 aromatic heterocycles. The van der Waals surface area contributed by atoms with Crippen LogP contribution in [0.1, 0.15) is 42.6 Å². The fourth-order valence-corrected chi connectivity index (χ4v) is 2.70. The molecule has 2 N–H and O–H groups in total. The summed E-state index contributed by atoms with van der Waals surface area (Å²) in [6, 6.07) is 7.23. The Hall–Kier alpha value is -2.50. The normalized spacial score (nSPS) is 15.5. The number of nitrogens with zero attached hydrogens (tertiary/aromatic N) is 3. The summed E-state index contributed by atoms with van der Waals surface area (Å²) < 4.78 is 0. The van der Waals surface area contributed by atoms with E-state index < -0.39 is 5.97 Å². The molecule has 3 rings (SSSR count). The molecule has 1 fully saturated rings. The van der Waals surface area contributed by atoms with Crippen LogP contribution in [0.2, 0.25) is 0 Å². The number of hydrogen-bond donors (Lipinski definition) is 2. The first-order valence-corrected chi connectivity index (χ1v) is 7.53. The predicted octanol–water partition coefficient (Wildman–Crippen LogP) is 2.98. The van der Waals surface area contributed by atoms with Crippen LogP contribution in [-0.2, 0) is 0 Å². The molecule has 1 aliphatic rings. The molecule has 0 saturated heterocycles. The second kappa shape index (κ2) is 6.51. The van der Waals surface area contributed by atoms with Crippen molar-refractivity contribution >= 4 is 11.8 Å². The van der Waals surface area contributed by atoms with Gasteiger partial charge in [0.05, 0.1) is 0 Å². The van der Waals surface area contributed by atoms with E-state index >= 15 is 0 Å². The van der Waals surface area contributed by atoms with E-state index in [1.807, 2.05) is 6.07 Å². The Morgan fingerprint density at radius 3 is 2.68 bits per heavy atom. The van der Waals surface area contributed by atoms with Crippen molar-refractivity contribution in [3.8, 4) is 11.5 Å². The van der Waals surface area contributed by atoms with E-state index in [4.69, 9.17) is 0 Å². The molecule has 22 heavy (non-hydrogen) atoms. The Morgan fingerprint density at radius 1 is 1.18 bits per heavy atom. The molecule has 0 amide bonds. The number of carbonyl (C=O) groups is 1. The molecule has 1 aliphatic carbocycles. The summed E-state index contributed by atoms with van der Waals surface area (Å²) >= 11 is 0. The molecule has 114 valence electrons. The van der Waals surface area contributed by atoms with Crippen LogP contribution in [-0.4, -0.2) is 32.1 Å². The van der Waals surface area contributed by atoms with Crippen LogP contribution in [0.25, 0.3) is 11.5 Å². The third kappa shape index (κ3) is 3.39. The SMILES string of the molecule is O=C(O)c1cc(NC2CCCCC2)nc(-c2ccccn2)n1. The summed E-state index contributed by atoms with van der Waals surface area (Å²) in [4.78, 5) is 24.0. The summed E-state index contributed by atoms with van der Waals surface area (Å²) in [5.41, 5.74) is 0.547. The number of anilines is 1. The monoisotopic (exact) mass is 298 g/mol. The fourth-order valence-electron chi connectivity index (χ4n) is 2.70. The van der Waals surface area contributed by atoms with Gasteiger partial charge in [0, 0.05) is 18.3 Å². The van der Waals surface area contributed by atoms with Crippen LogP contribution in [0.5, 0.6) is 0 Å². The lowest BCUT2D eigenvalue weighted by Crippen LogP contribution is -2.23. The highest BCUT2D eigenvalue weighted by atomic mass is 16.4. The number of carboxylic acids is 1. The second-order valence-corrected chi connectivity index (χ2v) is 5.46. The molecule has 2 aromatic rings. The lowest BCUT2D eigenvalue weighted by Gasteiger charge is -2.23. The minimum Gasteiger partial charge on any atom is -0.477 e. The van der Waals surface area contributed by atoms with Gasteiger partial charge in [0.25, 0.3) is 0 Å². The zero-order valence-electron chi connectivity index (χ0n) is 12.2. The lowest BCUT2D eigenvalue weighted by molar-refractivity contribution is 0.0690. The fraction of sp³-hybridized carbons (Fsp3) is 0.375. The van der Waals surface area contributed by atoms with Gasteiger partial charge in [0.15, 0.2) is 11.5 Å². The van der Waals surface area contributed by atoms with Gasteiger partial charge >= 0.3 is 5.97 Å². The Labute approximate surface area is 128 Å². The number of aromatic carboxylic acids is 1. The van der Waals surface area contributed by atoms with Gasteiger partial charge in [0.1, 0.15) is 11.5 Å². The Morgan fingerprint density at radius 2 is 2.00 bits per heavy atom. The van der Waals surface area contributed by atoms with Crippen LogP contribution in [0, 0.1) is 0 Å². The third-order valence-corrected chi connectivity index (χ3v) is 3.80. The average molecular weight is 298 g/mol. The van der Waals surface area contributed by atoms with Gasteiger partial charge in [-0.1, -0.05) is 25.3 Å². The summed E-state index contributed by atoms with van der Waals surface area (Å²) in [7, 11) is 0. The van der Waals surface area contributed by atoms with Gasteiger partial charge in [-0.2, -0.15) is 0 Å².